The van der Waals surface area contributed by atoms with Gasteiger partial charge in [0.2, 0.25) is 10.0 Å². The first-order chi connectivity index (χ1) is 13.7. The molecule has 0 spiro atoms. The van der Waals surface area contributed by atoms with Crippen molar-refractivity contribution >= 4 is 16.0 Å². The molecule has 0 atom stereocenters. The molecule has 0 aliphatic heterocycles. The van der Waals surface area contributed by atoms with Gasteiger partial charge in [-0.05, 0) is 23.6 Å². The maximum Gasteiger partial charge on any atom is 0.242 e. The van der Waals surface area contributed by atoms with Crippen LogP contribution >= 0.6 is 0 Å². The van der Waals surface area contributed by atoms with Gasteiger partial charge in [-0.25, -0.2) is 13.1 Å². The van der Waals surface area contributed by atoms with Crippen LogP contribution in [0.15, 0.2) is 52.6 Å². The Morgan fingerprint density at radius 1 is 1.10 bits per heavy atom. The zero-order valence-corrected chi connectivity index (χ0v) is 18.8. The molecule has 160 valence electrons. The molecule has 0 saturated heterocycles. The van der Waals surface area contributed by atoms with Crippen LogP contribution in [0.5, 0.6) is 0 Å². The van der Waals surface area contributed by atoms with Crippen molar-refractivity contribution in [1.29, 1.82) is 0 Å². The average Bonchev–Trinajstić information content (AvgIpc) is 3.15. The van der Waals surface area contributed by atoms with Crippen molar-refractivity contribution in [2.75, 3.05) is 26.7 Å². The molecule has 0 saturated carbocycles. The SMILES string of the molecule is CCc1ccc(C(C)(C)CNC(=NC)NCCNS(=O)(=O)c2ccn(C)c2)cc1. The summed E-state index contributed by atoms with van der Waals surface area (Å²) in [5.41, 5.74) is 2.51. The maximum absolute atomic E-state index is 12.2. The Morgan fingerprint density at radius 3 is 2.34 bits per heavy atom. The van der Waals surface area contributed by atoms with Gasteiger partial charge in [-0.1, -0.05) is 45.0 Å². The van der Waals surface area contributed by atoms with E-state index in [2.05, 4.69) is 65.4 Å². The molecule has 1 aromatic carbocycles. The van der Waals surface area contributed by atoms with E-state index in [9.17, 15) is 8.42 Å². The summed E-state index contributed by atoms with van der Waals surface area (Å²) in [6.07, 6.45) is 4.31. The second-order valence-electron chi connectivity index (χ2n) is 7.70. The Labute approximate surface area is 174 Å². The highest BCUT2D eigenvalue weighted by Crippen LogP contribution is 2.22. The number of aryl methyl sites for hydroxylation is 2. The predicted molar refractivity (Wildman–Crippen MR) is 119 cm³/mol. The van der Waals surface area contributed by atoms with E-state index in [1.54, 1.807) is 37.1 Å². The Balaban J connectivity index is 1.81. The van der Waals surface area contributed by atoms with Crippen LogP contribution in [-0.2, 0) is 28.9 Å². The third kappa shape index (κ3) is 6.61. The zero-order valence-electron chi connectivity index (χ0n) is 18.0. The molecule has 0 bridgehead atoms. The van der Waals surface area contributed by atoms with Crippen molar-refractivity contribution in [3.05, 3.63) is 53.9 Å². The molecule has 0 unspecified atom stereocenters. The van der Waals surface area contributed by atoms with Gasteiger partial charge in [0.05, 0.1) is 4.90 Å². The monoisotopic (exact) mass is 419 g/mol. The van der Waals surface area contributed by atoms with Crippen LogP contribution in [0.1, 0.15) is 31.9 Å². The van der Waals surface area contributed by atoms with Crippen molar-refractivity contribution in [3.8, 4) is 0 Å². The molecule has 0 amide bonds. The lowest BCUT2D eigenvalue weighted by molar-refractivity contribution is 0.508. The quantitative estimate of drug-likeness (QED) is 0.330. The third-order valence-corrected chi connectivity index (χ3v) is 6.34. The van der Waals surface area contributed by atoms with Gasteiger partial charge in [0, 0.05) is 51.5 Å². The summed E-state index contributed by atoms with van der Waals surface area (Å²) >= 11 is 0. The fraction of sp³-hybridized carbons (Fsp3) is 0.476. The normalized spacial score (nSPS) is 12.8. The molecular weight excluding hydrogens is 386 g/mol. The number of hydrogen-bond acceptors (Lipinski definition) is 3. The molecule has 7 nitrogen and oxygen atoms in total. The number of hydrogen-bond donors (Lipinski definition) is 3. The van der Waals surface area contributed by atoms with E-state index in [1.165, 1.54) is 11.1 Å². The van der Waals surface area contributed by atoms with Crippen LogP contribution in [0.25, 0.3) is 0 Å². The molecular formula is C21H33N5O2S. The van der Waals surface area contributed by atoms with Gasteiger partial charge in [-0.15, -0.1) is 0 Å². The minimum absolute atomic E-state index is 0.0706. The summed E-state index contributed by atoms with van der Waals surface area (Å²) < 4.78 is 28.7. The van der Waals surface area contributed by atoms with Gasteiger partial charge < -0.3 is 15.2 Å². The molecule has 29 heavy (non-hydrogen) atoms. The van der Waals surface area contributed by atoms with E-state index >= 15 is 0 Å². The van der Waals surface area contributed by atoms with Gasteiger partial charge in [0.25, 0.3) is 0 Å². The van der Waals surface area contributed by atoms with E-state index in [0.29, 0.717) is 19.0 Å². The highest BCUT2D eigenvalue weighted by Gasteiger charge is 2.21. The first kappa shape index (κ1) is 23.0. The van der Waals surface area contributed by atoms with Crippen LogP contribution < -0.4 is 15.4 Å². The van der Waals surface area contributed by atoms with Crippen LogP contribution in [0.2, 0.25) is 0 Å². The Hall–Kier alpha value is -2.32. The number of nitrogens with zero attached hydrogens (tertiary/aromatic N) is 2. The van der Waals surface area contributed by atoms with Crippen molar-refractivity contribution in [2.45, 2.75) is 37.5 Å². The second kappa shape index (κ2) is 9.93. The first-order valence-electron chi connectivity index (χ1n) is 9.83. The maximum atomic E-state index is 12.2. The summed E-state index contributed by atoms with van der Waals surface area (Å²) in [7, 11) is -0.00410. The van der Waals surface area contributed by atoms with Crippen LogP contribution in [0.3, 0.4) is 0 Å². The van der Waals surface area contributed by atoms with Crippen LogP contribution in [0.4, 0.5) is 0 Å². The average molecular weight is 420 g/mol. The van der Waals surface area contributed by atoms with Gasteiger partial charge in [-0.3, -0.25) is 4.99 Å². The van der Waals surface area contributed by atoms with E-state index < -0.39 is 10.0 Å². The van der Waals surface area contributed by atoms with Crippen molar-refractivity contribution < 1.29 is 8.42 Å². The number of rotatable bonds is 9. The highest BCUT2D eigenvalue weighted by atomic mass is 32.2. The highest BCUT2D eigenvalue weighted by molar-refractivity contribution is 7.89. The smallest absolute Gasteiger partial charge is 0.242 e. The molecule has 2 rings (SSSR count). The summed E-state index contributed by atoms with van der Waals surface area (Å²) in [5.74, 6) is 0.641. The number of aromatic nitrogens is 1. The fourth-order valence-corrected chi connectivity index (χ4v) is 3.99. The van der Waals surface area contributed by atoms with Gasteiger partial charge in [0.1, 0.15) is 0 Å². The van der Waals surface area contributed by atoms with Gasteiger partial charge >= 0.3 is 0 Å². The van der Waals surface area contributed by atoms with Gasteiger partial charge in [0.15, 0.2) is 5.96 Å². The molecule has 0 aliphatic rings. The Kier molecular flexibility index (Phi) is 7.87. The largest absolute Gasteiger partial charge is 0.356 e. The molecule has 0 fully saturated rings. The summed E-state index contributed by atoms with van der Waals surface area (Å²) in [4.78, 5) is 4.48. The first-order valence-corrected chi connectivity index (χ1v) is 11.3. The van der Waals surface area contributed by atoms with Crippen LogP contribution in [-0.4, -0.2) is 45.6 Å². The fourth-order valence-electron chi connectivity index (χ4n) is 2.91. The number of aliphatic imine (C=N–C) groups is 1. The third-order valence-electron chi connectivity index (χ3n) is 4.89. The lowest BCUT2D eigenvalue weighted by Crippen LogP contribution is -2.45. The molecule has 3 N–H and O–H groups in total. The van der Waals surface area contributed by atoms with Crippen molar-refractivity contribution in [3.63, 3.8) is 0 Å². The van der Waals surface area contributed by atoms with Crippen molar-refractivity contribution in [2.24, 2.45) is 12.0 Å². The molecule has 0 aliphatic carbocycles. The summed E-state index contributed by atoms with van der Waals surface area (Å²) in [5, 5.41) is 6.48. The van der Waals surface area contributed by atoms with Crippen molar-refractivity contribution in [1.82, 2.24) is 19.9 Å². The standard InChI is InChI=1S/C21H33N5O2S/c1-6-17-7-9-18(10-8-17)21(2,3)16-24-20(22-4)23-12-13-25-29(27,28)19-11-14-26(5)15-19/h7-11,14-15,25H,6,12-13,16H2,1-5H3,(H2,22,23,24). The second-order valence-corrected chi connectivity index (χ2v) is 9.46. The molecule has 1 heterocycles. The number of benzene rings is 1. The van der Waals surface area contributed by atoms with E-state index in [1.807, 2.05) is 0 Å². The Morgan fingerprint density at radius 2 is 1.79 bits per heavy atom. The molecule has 2 aromatic rings. The number of guanidine groups is 1. The molecule has 1 aromatic heterocycles. The van der Waals surface area contributed by atoms with E-state index in [0.717, 1.165) is 6.42 Å². The molecule has 0 radical (unpaired) electrons. The Bertz CT molecular complexity index is 915. The lowest BCUT2D eigenvalue weighted by Gasteiger charge is -2.27. The predicted octanol–water partition coefficient (Wildman–Crippen LogP) is 2.01. The zero-order chi connectivity index (χ0) is 21.5. The number of nitrogens with one attached hydrogen (secondary N) is 3. The number of sulfonamides is 1. The molecule has 8 heteroatoms. The van der Waals surface area contributed by atoms with Gasteiger partial charge in [-0.2, -0.15) is 0 Å². The topological polar surface area (TPSA) is 87.5 Å². The van der Waals surface area contributed by atoms with Crippen LogP contribution in [0, 0.1) is 0 Å². The lowest BCUT2D eigenvalue weighted by atomic mass is 9.84. The summed E-state index contributed by atoms with van der Waals surface area (Å²) in [6.45, 7) is 7.91. The van der Waals surface area contributed by atoms with E-state index in [4.69, 9.17) is 0 Å². The minimum atomic E-state index is -3.49. The van der Waals surface area contributed by atoms with E-state index in [-0.39, 0.29) is 16.9 Å². The summed E-state index contributed by atoms with van der Waals surface area (Å²) in [6, 6.07) is 10.3. The minimum Gasteiger partial charge on any atom is -0.356 e.